The second-order valence-electron chi connectivity index (χ2n) is 10.5. The molecular formula is C31H47ClFN3O3. The van der Waals surface area contributed by atoms with E-state index in [0.29, 0.717) is 31.9 Å². The molecular weight excluding hydrogens is 517 g/mol. The second kappa shape index (κ2) is 18.0. The van der Waals surface area contributed by atoms with Gasteiger partial charge >= 0.3 is 0 Å². The minimum absolute atomic E-state index is 0.0152. The summed E-state index contributed by atoms with van der Waals surface area (Å²) in [6.07, 6.45) is 11.2. The van der Waals surface area contributed by atoms with Crippen LogP contribution in [0, 0.1) is 0 Å². The fourth-order valence-electron chi connectivity index (χ4n) is 4.91. The SMILES string of the molecule is CC(=O)CN=C1CCCC/C1=C(/N)C(=O)N1CCCC(F)C1.CCCCCC(CCC)Oc1cccc(Cl)c1. The molecule has 3 rings (SSSR count). The van der Waals surface area contributed by atoms with Crippen molar-refractivity contribution in [1.29, 1.82) is 0 Å². The summed E-state index contributed by atoms with van der Waals surface area (Å²) >= 11 is 5.95. The van der Waals surface area contributed by atoms with Crippen LogP contribution in [0.5, 0.6) is 5.75 Å². The highest BCUT2D eigenvalue weighted by molar-refractivity contribution is 6.30. The Morgan fingerprint density at radius 2 is 1.92 bits per heavy atom. The van der Waals surface area contributed by atoms with E-state index < -0.39 is 6.17 Å². The number of carbonyl (C=O) groups excluding carboxylic acids is 2. The van der Waals surface area contributed by atoms with E-state index >= 15 is 0 Å². The van der Waals surface area contributed by atoms with Gasteiger partial charge in [0.15, 0.2) is 5.78 Å². The van der Waals surface area contributed by atoms with Crippen molar-refractivity contribution in [2.24, 2.45) is 10.7 Å². The molecule has 1 heterocycles. The number of ether oxygens (including phenoxy) is 1. The molecule has 39 heavy (non-hydrogen) atoms. The molecule has 2 atom stereocenters. The number of rotatable bonds is 11. The number of benzene rings is 1. The van der Waals surface area contributed by atoms with Crippen molar-refractivity contribution in [2.75, 3.05) is 19.6 Å². The van der Waals surface area contributed by atoms with Crippen LogP contribution in [0.4, 0.5) is 4.39 Å². The van der Waals surface area contributed by atoms with E-state index in [1.54, 1.807) is 0 Å². The van der Waals surface area contributed by atoms with Gasteiger partial charge in [0.1, 0.15) is 17.6 Å². The number of carbonyl (C=O) groups is 2. The average molecular weight is 564 g/mol. The van der Waals surface area contributed by atoms with Gasteiger partial charge in [0, 0.05) is 22.9 Å². The van der Waals surface area contributed by atoms with Crippen LogP contribution in [-0.2, 0) is 9.59 Å². The summed E-state index contributed by atoms with van der Waals surface area (Å²) in [6, 6.07) is 7.69. The lowest BCUT2D eigenvalue weighted by Gasteiger charge is -2.30. The van der Waals surface area contributed by atoms with Gasteiger partial charge in [-0.25, -0.2) is 4.39 Å². The minimum atomic E-state index is -0.965. The van der Waals surface area contributed by atoms with Crippen LogP contribution in [0.15, 0.2) is 40.5 Å². The van der Waals surface area contributed by atoms with Gasteiger partial charge < -0.3 is 15.4 Å². The number of allylic oxidation sites excluding steroid dienone is 1. The monoisotopic (exact) mass is 563 g/mol. The van der Waals surface area contributed by atoms with Crippen LogP contribution in [0.2, 0.25) is 5.02 Å². The van der Waals surface area contributed by atoms with Gasteiger partial charge in [0.25, 0.3) is 5.91 Å². The van der Waals surface area contributed by atoms with Gasteiger partial charge in [-0.05, 0) is 82.9 Å². The number of likely N-dealkylation sites (tertiary alicyclic amines) is 1. The molecule has 1 aliphatic carbocycles. The van der Waals surface area contributed by atoms with Crippen LogP contribution in [-0.4, -0.2) is 54.2 Å². The summed E-state index contributed by atoms with van der Waals surface area (Å²) in [5, 5.41) is 0.742. The van der Waals surface area contributed by atoms with E-state index in [4.69, 9.17) is 22.1 Å². The van der Waals surface area contributed by atoms with Crippen molar-refractivity contribution in [3.05, 3.63) is 40.6 Å². The fraction of sp³-hybridized carbons (Fsp3) is 0.645. The molecule has 0 radical (unpaired) electrons. The number of hydrogen-bond donors (Lipinski definition) is 1. The summed E-state index contributed by atoms with van der Waals surface area (Å²) < 4.78 is 19.5. The third kappa shape index (κ3) is 12.1. The molecule has 218 valence electrons. The first-order valence-corrected chi connectivity index (χ1v) is 15.0. The molecule has 8 heteroatoms. The van der Waals surface area contributed by atoms with Crippen molar-refractivity contribution in [1.82, 2.24) is 4.90 Å². The largest absolute Gasteiger partial charge is 0.490 e. The molecule has 1 amide bonds. The molecule has 1 saturated heterocycles. The molecule has 1 aromatic rings. The van der Waals surface area contributed by atoms with Gasteiger partial charge in [-0.2, -0.15) is 0 Å². The van der Waals surface area contributed by atoms with E-state index in [-0.39, 0.29) is 30.5 Å². The zero-order valence-corrected chi connectivity index (χ0v) is 24.8. The van der Waals surface area contributed by atoms with Crippen molar-refractivity contribution < 1.29 is 18.7 Å². The van der Waals surface area contributed by atoms with Crippen LogP contribution in [0.25, 0.3) is 0 Å². The summed E-state index contributed by atoms with van der Waals surface area (Å²) in [4.78, 5) is 29.4. The van der Waals surface area contributed by atoms with Crippen molar-refractivity contribution in [3.8, 4) is 5.75 Å². The van der Waals surface area contributed by atoms with Gasteiger partial charge in [-0.3, -0.25) is 14.6 Å². The lowest BCUT2D eigenvalue weighted by molar-refractivity contribution is -0.129. The standard InChI is InChI=1S/C16H24FN3O2.C15H23ClO/c1-11(21)9-19-14-7-3-2-6-13(14)15(18)16(22)20-8-4-5-12(17)10-20;1-3-5-6-10-14(8-4-2)17-15-11-7-9-13(16)12-15/h12H,2-10,18H2,1H3;7,9,11-12,14H,3-6,8,10H2,1-2H3/b15-13-,19-14?;. The summed E-state index contributed by atoms with van der Waals surface area (Å²) in [7, 11) is 0. The zero-order valence-electron chi connectivity index (χ0n) is 24.0. The molecule has 0 aromatic heterocycles. The number of aliphatic imine (C=N–C) groups is 1. The predicted octanol–water partition coefficient (Wildman–Crippen LogP) is 7.23. The number of halogens is 2. The smallest absolute Gasteiger partial charge is 0.270 e. The molecule has 6 nitrogen and oxygen atoms in total. The summed E-state index contributed by atoms with van der Waals surface area (Å²) in [5.41, 5.74) is 7.76. The topological polar surface area (TPSA) is 85.0 Å². The van der Waals surface area contributed by atoms with Crippen molar-refractivity contribution in [3.63, 3.8) is 0 Å². The lowest BCUT2D eigenvalue weighted by Crippen LogP contribution is -2.43. The first-order valence-electron chi connectivity index (χ1n) is 14.6. The van der Waals surface area contributed by atoms with E-state index in [1.165, 1.54) is 31.1 Å². The highest BCUT2D eigenvalue weighted by Gasteiger charge is 2.27. The number of amides is 1. The van der Waals surface area contributed by atoms with Crippen molar-refractivity contribution >= 4 is 29.0 Å². The number of nitrogens with zero attached hydrogens (tertiary/aromatic N) is 2. The third-order valence-corrected chi connectivity index (χ3v) is 7.21. The third-order valence-electron chi connectivity index (χ3n) is 6.98. The predicted molar refractivity (Wildman–Crippen MR) is 158 cm³/mol. The van der Waals surface area contributed by atoms with Crippen LogP contribution < -0.4 is 10.5 Å². The Hall–Kier alpha value is -2.41. The van der Waals surface area contributed by atoms with Crippen LogP contribution in [0.1, 0.15) is 97.8 Å². The number of alkyl halides is 1. The molecule has 2 aliphatic rings. The highest BCUT2D eigenvalue weighted by Crippen LogP contribution is 2.25. The van der Waals surface area contributed by atoms with E-state index in [2.05, 4.69) is 18.8 Å². The fourth-order valence-corrected chi connectivity index (χ4v) is 5.09. The molecule has 0 bridgehead atoms. The Kier molecular flexibility index (Phi) is 15.2. The number of ketones is 1. The van der Waals surface area contributed by atoms with Gasteiger partial charge in [0.05, 0.1) is 19.2 Å². The zero-order chi connectivity index (χ0) is 28.6. The second-order valence-corrected chi connectivity index (χ2v) is 11.0. The van der Waals surface area contributed by atoms with Gasteiger partial charge in [-0.15, -0.1) is 0 Å². The molecule has 2 fully saturated rings. The van der Waals surface area contributed by atoms with Gasteiger partial charge in [-0.1, -0.05) is 50.8 Å². The maximum Gasteiger partial charge on any atom is 0.270 e. The van der Waals surface area contributed by atoms with E-state index in [0.717, 1.165) is 60.6 Å². The number of Topliss-reactive ketones (excluding diaryl/α,β-unsaturated/α-hetero) is 1. The number of nitrogens with two attached hydrogens (primary N) is 1. The maximum atomic E-state index is 13.5. The Morgan fingerprint density at radius 3 is 2.59 bits per heavy atom. The van der Waals surface area contributed by atoms with Gasteiger partial charge in [0.2, 0.25) is 0 Å². The first-order chi connectivity index (χ1) is 18.7. The number of hydrogen-bond acceptors (Lipinski definition) is 5. The summed E-state index contributed by atoms with van der Waals surface area (Å²) in [5.74, 6) is 0.584. The molecule has 2 unspecified atom stereocenters. The normalized spacial score (nSPS) is 20.6. The Balaban J connectivity index is 0.000000283. The van der Waals surface area contributed by atoms with E-state index in [1.807, 2.05) is 24.3 Å². The average Bonchev–Trinajstić information content (AvgIpc) is 2.92. The molecule has 2 N–H and O–H groups in total. The molecule has 1 aromatic carbocycles. The molecule has 1 saturated carbocycles. The molecule has 1 aliphatic heterocycles. The molecule has 0 spiro atoms. The van der Waals surface area contributed by atoms with Crippen molar-refractivity contribution in [2.45, 2.75) is 110 Å². The van der Waals surface area contributed by atoms with Crippen LogP contribution in [0.3, 0.4) is 0 Å². The lowest BCUT2D eigenvalue weighted by atomic mass is 9.90. The van der Waals surface area contributed by atoms with E-state index in [9.17, 15) is 14.0 Å². The minimum Gasteiger partial charge on any atom is -0.490 e. The Bertz CT molecular complexity index is 982. The number of piperidine rings is 1. The first kappa shape index (κ1) is 32.8. The highest BCUT2D eigenvalue weighted by atomic mass is 35.5. The Morgan fingerprint density at radius 1 is 1.15 bits per heavy atom. The number of unbranched alkanes of at least 4 members (excludes halogenated alkanes) is 2. The Labute approximate surface area is 239 Å². The maximum absolute atomic E-state index is 13.5. The van der Waals surface area contributed by atoms with Crippen LogP contribution >= 0.6 is 11.6 Å². The quantitative estimate of drug-likeness (QED) is 0.227. The summed E-state index contributed by atoms with van der Waals surface area (Å²) in [6.45, 7) is 6.71.